The average molecular weight is 312 g/mol. The maximum absolute atomic E-state index is 11.9. The lowest BCUT2D eigenvalue weighted by Crippen LogP contribution is -2.38. The third-order valence-corrected chi connectivity index (χ3v) is 2.51. The lowest BCUT2D eigenvalue weighted by molar-refractivity contribution is -0.384. The van der Waals surface area contributed by atoms with Gasteiger partial charge in [0.25, 0.3) is 11.6 Å². The fourth-order valence-electron chi connectivity index (χ4n) is 1.62. The zero-order valence-corrected chi connectivity index (χ0v) is 13.0. The number of alkyl carbamates (subject to hydrolysis) is 1. The number of rotatable bonds is 5. The Balaban J connectivity index is 2.41. The standard InChI is InChI=1S/C13H20N4O5/c1-13(2,3)22-12(19)15-6-5-14-11(18)10-7-9(17(20)21)8-16(10)4/h7-8H,5-6H2,1-4H3,(H,14,18)(H,15,19). The van der Waals surface area contributed by atoms with Gasteiger partial charge in [0.15, 0.2) is 0 Å². The number of hydrogen-bond donors (Lipinski definition) is 2. The normalized spacial score (nSPS) is 10.9. The number of nitrogens with zero attached hydrogens (tertiary/aromatic N) is 2. The number of nitro groups is 1. The van der Waals surface area contributed by atoms with Crippen LogP contribution in [0.4, 0.5) is 10.5 Å². The monoisotopic (exact) mass is 312 g/mol. The van der Waals surface area contributed by atoms with Crippen molar-refractivity contribution in [3.63, 3.8) is 0 Å². The van der Waals surface area contributed by atoms with Crippen LogP contribution in [0.15, 0.2) is 12.3 Å². The van der Waals surface area contributed by atoms with Crippen molar-refractivity contribution in [2.24, 2.45) is 7.05 Å². The average Bonchev–Trinajstić information content (AvgIpc) is 2.74. The summed E-state index contributed by atoms with van der Waals surface area (Å²) in [5, 5.41) is 15.7. The molecule has 0 aliphatic carbocycles. The quantitative estimate of drug-likeness (QED) is 0.481. The Labute approximate surface area is 127 Å². The minimum absolute atomic E-state index is 0.153. The molecule has 0 aliphatic heterocycles. The highest BCUT2D eigenvalue weighted by molar-refractivity contribution is 5.93. The Morgan fingerprint density at radius 1 is 1.32 bits per heavy atom. The van der Waals surface area contributed by atoms with Crippen LogP contribution in [-0.4, -0.2) is 40.2 Å². The fourth-order valence-corrected chi connectivity index (χ4v) is 1.62. The summed E-state index contributed by atoms with van der Waals surface area (Å²) < 4.78 is 6.41. The minimum Gasteiger partial charge on any atom is -0.444 e. The molecular formula is C13H20N4O5. The topological polar surface area (TPSA) is 115 Å². The Hall–Kier alpha value is -2.58. The molecule has 0 spiro atoms. The van der Waals surface area contributed by atoms with Gasteiger partial charge in [0.2, 0.25) is 0 Å². The Bertz CT molecular complexity index is 573. The van der Waals surface area contributed by atoms with E-state index < -0.39 is 22.5 Å². The minimum atomic E-state index is -0.588. The van der Waals surface area contributed by atoms with Gasteiger partial charge in [-0.15, -0.1) is 0 Å². The lowest BCUT2D eigenvalue weighted by Gasteiger charge is -2.19. The predicted molar refractivity (Wildman–Crippen MR) is 78.6 cm³/mol. The van der Waals surface area contributed by atoms with Crippen molar-refractivity contribution in [3.8, 4) is 0 Å². The second-order valence-corrected chi connectivity index (χ2v) is 5.64. The summed E-state index contributed by atoms with van der Waals surface area (Å²) in [6.45, 7) is 5.61. The number of aryl methyl sites for hydroxylation is 1. The van der Waals surface area contributed by atoms with Crippen LogP contribution >= 0.6 is 0 Å². The molecule has 0 aliphatic rings. The molecule has 1 aromatic rings. The molecule has 2 N–H and O–H groups in total. The summed E-state index contributed by atoms with van der Waals surface area (Å²) in [4.78, 5) is 33.3. The molecule has 22 heavy (non-hydrogen) atoms. The van der Waals surface area contributed by atoms with Crippen LogP contribution in [0.5, 0.6) is 0 Å². The molecule has 122 valence electrons. The van der Waals surface area contributed by atoms with Gasteiger partial charge in [0, 0.05) is 26.2 Å². The molecular weight excluding hydrogens is 292 g/mol. The van der Waals surface area contributed by atoms with Gasteiger partial charge in [0.1, 0.15) is 11.3 Å². The van der Waals surface area contributed by atoms with Gasteiger partial charge in [-0.25, -0.2) is 4.79 Å². The summed E-state index contributed by atoms with van der Waals surface area (Å²) in [5.74, 6) is -0.457. The zero-order chi connectivity index (χ0) is 16.9. The van der Waals surface area contributed by atoms with Crippen molar-refractivity contribution >= 4 is 17.7 Å². The number of amides is 2. The summed E-state index contributed by atoms with van der Waals surface area (Å²) in [6, 6.07) is 1.19. The zero-order valence-electron chi connectivity index (χ0n) is 13.0. The molecule has 0 saturated heterocycles. The molecule has 0 radical (unpaired) electrons. The number of ether oxygens (including phenoxy) is 1. The largest absolute Gasteiger partial charge is 0.444 e. The van der Waals surface area contributed by atoms with Crippen molar-refractivity contribution in [1.82, 2.24) is 15.2 Å². The van der Waals surface area contributed by atoms with Crippen LogP contribution in [0.3, 0.4) is 0 Å². The van der Waals surface area contributed by atoms with Crippen LogP contribution < -0.4 is 10.6 Å². The fraction of sp³-hybridized carbons (Fsp3) is 0.538. The third-order valence-electron chi connectivity index (χ3n) is 2.51. The molecule has 0 aromatic carbocycles. The van der Waals surface area contributed by atoms with Gasteiger partial charge in [0.05, 0.1) is 11.1 Å². The molecule has 1 aromatic heterocycles. The molecule has 0 bridgehead atoms. The first-order valence-corrected chi connectivity index (χ1v) is 6.66. The Morgan fingerprint density at radius 3 is 2.41 bits per heavy atom. The molecule has 1 rings (SSSR count). The van der Waals surface area contributed by atoms with Crippen molar-refractivity contribution in [3.05, 3.63) is 28.1 Å². The molecule has 9 heteroatoms. The van der Waals surface area contributed by atoms with Gasteiger partial charge in [-0.2, -0.15) is 0 Å². The van der Waals surface area contributed by atoms with Crippen molar-refractivity contribution in [1.29, 1.82) is 0 Å². The molecule has 1 heterocycles. The number of aromatic nitrogens is 1. The van der Waals surface area contributed by atoms with E-state index in [1.807, 2.05) is 0 Å². The molecule has 2 amide bonds. The van der Waals surface area contributed by atoms with E-state index in [1.165, 1.54) is 16.8 Å². The van der Waals surface area contributed by atoms with Gasteiger partial charge < -0.3 is 19.9 Å². The smallest absolute Gasteiger partial charge is 0.407 e. The maximum atomic E-state index is 11.9. The van der Waals surface area contributed by atoms with Crippen LogP contribution in [0.2, 0.25) is 0 Å². The van der Waals surface area contributed by atoms with Gasteiger partial charge in [-0.1, -0.05) is 0 Å². The van der Waals surface area contributed by atoms with Crippen molar-refractivity contribution in [2.45, 2.75) is 26.4 Å². The maximum Gasteiger partial charge on any atom is 0.407 e. The van der Waals surface area contributed by atoms with E-state index in [2.05, 4.69) is 10.6 Å². The SMILES string of the molecule is Cn1cc([N+](=O)[O-])cc1C(=O)NCCNC(=O)OC(C)(C)C. The van der Waals surface area contributed by atoms with E-state index in [0.717, 1.165) is 0 Å². The summed E-state index contributed by atoms with van der Waals surface area (Å²) in [7, 11) is 1.54. The first kappa shape index (κ1) is 17.5. The summed E-state index contributed by atoms with van der Waals surface area (Å²) >= 11 is 0. The molecule has 0 unspecified atom stereocenters. The predicted octanol–water partition coefficient (Wildman–Crippen LogP) is 1.19. The van der Waals surface area contributed by atoms with Crippen molar-refractivity contribution in [2.75, 3.05) is 13.1 Å². The van der Waals surface area contributed by atoms with Crippen molar-refractivity contribution < 1.29 is 19.2 Å². The van der Waals surface area contributed by atoms with E-state index in [0.29, 0.717) is 0 Å². The van der Waals surface area contributed by atoms with E-state index in [4.69, 9.17) is 4.74 Å². The second kappa shape index (κ2) is 6.92. The molecule has 0 fully saturated rings. The van der Waals surface area contributed by atoms with Gasteiger partial charge >= 0.3 is 6.09 Å². The molecule has 0 saturated carbocycles. The van der Waals surface area contributed by atoms with E-state index >= 15 is 0 Å². The van der Waals surface area contributed by atoms with E-state index in [9.17, 15) is 19.7 Å². The highest BCUT2D eigenvalue weighted by Gasteiger charge is 2.18. The Kier molecular flexibility index (Phi) is 5.50. The van der Waals surface area contributed by atoms with E-state index in [1.54, 1.807) is 27.8 Å². The first-order valence-electron chi connectivity index (χ1n) is 6.66. The highest BCUT2D eigenvalue weighted by Crippen LogP contribution is 2.14. The molecule has 9 nitrogen and oxygen atoms in total. The summed E-state index contributed by atoms with van der Waals surface area (Å²) in [5.41, 5.74) is -0.571. The lowest BCUT2D eigenvalue weighted by atomic mass is 10.2. The molecule has 0 atom stereocenters. The highest BCUT2D eigenvalue weighted by atomic mass is 16.6. The van der Waals surface area contributed by atoms with Crippen LogP contribution in [-0.2, 0) is 11.8 Å². The second-order valence-electron chi connectivity index (χ2n) is 5.64. The summed E-state index contributed by atoms with van der Waals surface area (Å²) in [6.07, 6.45) is 0.685. The van der Waals surface area contributed by atoms with Crippen LogP contribution in [0.25, 0.3) is 0 Å². The van der Waals surface area contributed by atoms with Crippen LogP contribution in [0, 0.1) is 10.1 Å². The van der Waals surface area contributed by atoms with Gasteiger partial charge in [-0.3, -0.25) is 14.9 Å². The number of hydrogen-bond acceptors (Lipinski definition) is 5. The number of carbonyl (C=O) groups excluding carboxylic acids is 2. The number of carbonyl (C=O) groups is 2. The third kappa shape index (κ3) is 5.43. The van der Waals surface area contributed by atoms with Gasteiger partial charge in [-0.05, 0) is 20.8 Å². The van der Waals surface area contributed by atoms with E-state index in [-0.39, 0.29) is 24.5 Å². The van der Waals surface area contributed by atoms with Crippen LogP contribution in [0.1, 0.15) is 31.3 Å². The number of nitrogens with one attached hydrogen (secondary N) is 2. The first-order chi connectivity index (χ1) is 10.1. The Morgan fingerprint density at radius 2 is 1.91 bits per heavy atom.